The van der Waals surface area contributed by atoms with Gasteiger partial charge >= 0.3 is 0 Å². The summed E-state index contributed by atoms with van der Waals surface area (Å²) in [4.78, 5) is 20.8. The van der Waals surface area contributed by atoms with Gasteiger partial charge in [0.1, 0.15) is 11.9 Å². The molecule has 1 fully saturated rings. The fourth-order valence-electron chi connectivity index (χ4n) is 3.12. The highest BCUT2D eigenvalue weighted by molar-refractivity contribution is 5.88. The average Bonchev–Trinajstić information content (AvgIpc) is 3.25. The number of piperazine rings is 1. The highest BCUT2D eigenvalue weighted by Gasteiger charge is 2.23. The summed E-state index contributed by atoms with van der Waals surface area (Å²) >= 11 is 0. The van der Waals surface area contributed by atoms with Crippen molar-refractivity contribution in [1.29, 1.82) is 0 Å². The number of amides is 1. The van der Waals surface area contributed by atoms with E-state index in [0.29, 0.717) is 19.5 Å². The van der Waals surface area contributed by atoms with Crippen LogP contribution in [0.5, 0.6) is 0 Å². The van der Waals surface area contributed by atoms with E-state index in [-0.39, 0.29) is 5.91 Å². The lowest BCUT2D eigenvalue weighted by atomic mass is 10.1. The number of H-pyrrole nitrogens is 1. The number of aromatic nitrogens is 3. The highest BCUT2D eigenvalue weighted by Crippen LogP contribution is 2.23. The van der Waals surface area contributed by atoms with Crippen molar-refractivity contribution in [2.75, 3.05) is 31.1 Å². The van der Waals surface area contributed by atoms with Gasteiger partial charge in [0.05, 0.1) is 12.7 Å². The topological polar surface area (TPSA) is 78.3 Å². The minimum absolute atomic E-state index is 0.135. The molecule has 0 saturated carbocycles. The number of hydrogen-bond donors (Lipinski definition) is 1. The van der Waals surface area contributed by atoms with Crippen molar-refractivity contribution in [3.8, 4) is 0 Å². The molecule has 1 amide bonds. The van der Waals surface area contributed by atoms with E-state index in [1.165, 1.54) is 6.33 Å². The molecule has 1 N–H and O–H groups in total. The Morgan fingerprint density at radius 3 is 2.88 bits per heavy atom. The lowest BCUT2D eigenvalue weighted by Gasteiger charge is -2.34. The molecule has 124 valence electrons. The largest absolute Gasteiger partial charge is 0.464 e. The summed E-state index contributed by atoms with van der Waals surface area (Å²) in [5, 5.41) is 7.75. The molecule has 1 saturated heterocycles. The molecule has 7 heteroatoms. The lowest BCUT2D eigenvalue weighted by Crippen LogP contribution is -2.49. The Bertz CT molecular complexity index is 847. The summed E-state index contributed by atoms with van der Waals surface area (Å²) in [5.74, 6) is 0.897. The van der Waals surface area contributed by atoms with Gasteiger partial charge in [-0.1, -0.05) is 12.1 Å². The Morgan fingerprint density at radius 1 is 1.29 bits per heavy atom. The number of fused-ring (bicyclic) bond motifs is 1. The van der Waals surface area contributed by atoms with Crippen LogP contribution in [-0.4, -0.2) is 52.2 Å². The van der Waals surface area contributed by atoms with Gasteiger partial charge in [0.25, 0.3) is 0 Å². The van der Waals surface area contributed by atoms with Crippen molar-refractivity contribution in [2.45, 2.75) is 13.3 Å². The summed E-state index contributed by atoms with van der Waals surface area (Å²) in [6.07, 6.45) is 3.57. The van der Waals surface area contributed by atoms with Gasteiger partial charge in [-0.2, -0.15) is 10.1 Å². The number of nitrogens with one attached hydrogen (secondary N) is 1. The molecule has 24 heavy (non-hydrogen) atoms. The van der Waals surface area contributed by atoms with Crippen molar-refractivity contribution in [3.05, 3.63) is 41.9 Å². The molecule has 3 aromatic rings. The van der Waals surface area contributed by atoms with Crippen LogP contribution in [0.25, 0.3) is 11.0 Å². The molecule has 0 radical (unpaired) electrons. The SMILES string of the molecule is Cc1ccc2c(CC(=O)N3CCN(c4ncn[nH]4)CC3)coc2c1. The molecule has 1 aliphatic heterocycles. The van der Waals surface area contributed by atoms with E-state index in [4.69, 9.17) is 4.42 Å². The Hall–Kier alpha value is -2.83. The van der Waals surface area contributed by atoms with Gasteiger partial charge in [-0.15, -0.1) is 0 Å². The molecule has 7 nitrogen and oxygen atoms in total. The first-order chi connectivity index (χ1) is 11.7. The van der Waals surface area contributed by atoms with E-state index in [0.717, 1.165) is 41.1 Å². The first kappa shape index (κ1) is 14.7. The molecular formula is C17H19N5O2. The number of anilines is 1. The second kappa shape index (κ2) is 5.99. The predicted octanol–water partition coefficient (Wildman–Crippen LogP) is 1.75. The third-order valence-electron chi connectivity index (χ3n) is 4.49. The van der Waals surface area contributed by atoms with Crippen LogP contribution < -0.4 is 4.90 Å². The first-order valence-corrected chi connectivity index (χ1v) is 8.05. The van der Waals surface area contributed by atoms with Crippen molar-refractivity contribution < 1.29 is 9.21 Å². The Kier molecular flexibility index (Phi) is 3.68. The Morgan fingerprint density at radius 2 is 2.12 bits per heavy atom. The standard InChI is InChI=1S/C17H19N5O2/c1-12-2-3-14-13(10-24-15(14)8-12)9-16(23)21-4-6-22(7-5-21)17-18-11-19-20-17/h2-3,8,10-11H,4-7,9H2,1H3,(H,18,19,20). The minimum Gasteiger partial charge on any atom is -0.464 e. The van der Waals surface area contributed by atoms with Crippen molar-refractivity contribution in [3.63, 3.8) is 0 Å². The number of carbonyl (C=O) groups excluding carboxylic acids is 1. The number of benzene rings is 1. The molecule has 4 rings (SSSR count). The number of carbonyl (C=O) groups is 1. The van der Waals surface area contributed by atoms with E-state index in [9.17, 15) is 4.79 Å². The maximum atomic E-state index is 12.6. The summed E-state index contributed by atoms with van der Waals surface area (Å²) in [6.45, 7) is 4.92. The summed E-state index contributed by atoms with van der Waals surface area (Å²) in [6, 6.07) is 6.07. The van der Waals surface area contributed by atoms with Crippen LogP contribution in [0.3, 0.4) is 0 Å². The zero-order chi connectivity index (χ0) is 16.5. The number of hydrogen-bond acceptors (Lipinski definition) is 5. The van der Waals surface area contributed by atoms with Crippen molar-refractivity contribution in [2.24, 2.45) is 0 Å². The van der Waals surface area contributed by atoms with Gasteiger partial charge in [0.2, 0.25) is 11.9 Å². The molecule has 0 bridgehead atoms. The number of aryl methyl sites for hydroxylation is 1. The fourth-order valence-corrected chi connectivity index (χ4v) is 3.12. The summed E-state index contributed by atoms with van der Waals surface area (Å²) in [5.41, 5.74) is 2.94. The van der Waals surface area contributed by atoms with Gasteiger partial charge < -0.3 is 14.2 Å². The van der Waals surface area contributed by atoms with E-state index < -0.39 is 0 Å². The molecule has 0 aliphatic carbocycles. The maximum Gasteiger partial charge on any atom is 0.227 e. The van der Waals surface area contributed by atoms with Crippen LogP contribution >= 0.6 is 0 Å². The Balaban J connectivity index is 1.41. The molecule has 0 spiro atoms. The zero-order valence-corrected chi connectivity index (χ0v) is 13.5. The number of furan rings is 1. The quantitative estimate of drug-likeness (QED) is 0.794. The van der Waals surface area contributed by atoms with Crippen molar-refractivity contribution >= 4 is 22.8 Å². The molecule has 1 aliphatic rings. The summed E-state index contributed by atoms with van der Waals surface area (Å²) in [7, 11) is 0. The van der Waals surface area contributed by atoms with Crippen LogP contribution in [0.2, 0.25) is 0 Å². The smallest absolute Gasteiger partial charge is 0.227 e. The van der Waals surface area contributed by atoms with Gasteiger partial charge in [-0.25, -0.2) is 5.10 Å². The van der Waals surface area contributed by atoms with Crippen LogP contribution in [0.15, 0.2) is 35.2 Å². The minimum atomic E-state index is 0.135. The monoisotopic (exact) mass is 325 g/mol. The van der Waals surface area contributed by atoms with E-state index in [1.54, 1.807) is 6.26 Å². The highest BCUT2D eigenvalue weighted by atomic mass is 16.3. The fraction of sp³-hybridized carbons (Fsp3) is 0.353. The third kappa shape index (κ3) is 2.73. The van der Waals surface area contributed by atoms with Gasteiger partial charge in [-0.05, 0) is 18.6 Å². The van der Waals surface area contributed by atoms with Crippen molar-refractivity contribution in [1.82, 2.24) is 20.1 Å². The second-order valence-corrected chi connectivity index (χ2v) is 6.11. The molecule has 0 atom stereocenters. The van der Waals surface area contributed by atoms with Crippen LogP contribution in [0, 0.1) is 6.92 Å². The maximum absolute atomic E-state index is 12.6. The van der Waals surface area contributed by atoms with E-state index >= 15 is 0 Å². The molecule has 3 heterocycles. The van der Waals surface area contributed by atoms with Crippen LogP contribution in [-0.2, 0) is 11.2 Å². The lowest BCUT2D eigenvalue weighted by molar-refractivity contribution is -0.130. The zero-order valence-electron chi connectivity index (χ0n) is 13.5. The van der Waals surface area contributed by atoms with Crippen LogP contribution in [0.1, 0.15) is 11.1 Å². The van der Waals surface area contributed by atoms with Gasteiger partial charge in [0.15, 0.2) is 0 Å². The molecule has 1 aromatic carbocycles. The second-order valence-electron chi connectivity index (χ2n) is 6.11. The molecule has 2 aromatic heterocycles. The number of nitrogens with zero attached hydrogens (tertiary/aromatic N) is 4. The predicted molar refractivity (Wildman–Crippen MR) is 89.8 cm³/mol. The van der Waals surface area contributed by atoms with E-state index in [2.05, 4.69) is 20.1 Å². The molecular weight excluding hydrogens is 306 g/mol. The van der Waals surface area contributed by atoms with Gasteiger partial charge in [-0.3, -0.25) is 4.79 Å². The number of rotatable bonds is 3. The summed E-state index contributed by atoms with van der Waals surface area (Å²) < 4.78 is 5.59. The molecule has 0 unspecified atom stereocenters. The third-order valence-corrected chi connectivity index (χ3v) is 4.49. The van der Waals surface area contributed by atoms with Gasteiger partial charge in [0, 0.05) is 37.1 Å². The normalized spacial score (nSPS) is 15.2. The first-order valence-electron chi connectivity index (χ1n) is 8.05. The number of aromatic amines is 1. The average molecular weight is 325 g/mol. The van der Waals surface area contributed by atoms with E-state index in [1.807, 2.05) is 30.0 Å². The van der Waals surface area contributed by atoms with Crippen LogP contribution in [0.4, 0.5) is 5.95 Å². The Labute approximate surface area is 139 Å².